The summed E-state index contributed by atoms with van der Waals surface area (Å²) in [5.74, 6) is -0.226. The van der Waals surface area contributed by atoms with Gasteiger partial charge in [0.1, 0.15) is 11.4 Å². The highest BCUT2D eigenvalue weighted by Gasteiger charge is 2.08. The molecule has 1 amide bonds. The normalized spacial score (nSPS) is 10.4. The van der Waals surface area contributed by atoms with Gasteiger partial charge < -0.3 is 5.32 Å². The molecule has 0 saturated carbocycles. The van der Waals surface area contributed by atoms with Crippen LogP contribution in [0.2, 0.25) is 0 Å². The van der Waals surface area contributed by atoms with Crippen molar-refractivity contribution in [3.05, 3.63) is 58.8 Å². The first-order chi connectivity index (χ1) is 9.83. The first kappa shape index (κ1) is 12.5. The van der Waals surface area contributed by atoms with E-state index in [0.717, 1.165) is 5.69 Å². The smallest absolute Gasteiger partial charge is 0.270 e. The molecule has 1 N–H and O–H groups in total. The number of amides is 1. The maximum atomic E-state index is 11.8. The highest BCUT2D eigenvalue weighted by molar-refractivity contribution is 7.08. The first-order valence-corrected chi connectivity index (χ1v) is 6.90. The van der Waals surface area contributed by atoms with Gasteiger partial charge in [-0.3, -0.25) is 9.78 Å². The summed E-state index contributed by atoms with van der Waals surface area (Å²) in [6, 6.07) is 7.16. The van der Waals surface area contributed by atoms with Crippen molar-refractivity contribution >= 4 is 17.2 Å². The number of hydrogen-bond acceptors (Lipinski definition) is 5. The summed E-state index contributed by atoms with van der Waals surface area (Å²) in [6.07, 6.45) is 3.38. The van der Waals surface area contributed by atoms with Crippen molar-refractivity contribution in [3.8, 4) is 5.69 Å². The van der Waals surface area contributed by atoms with Gasteiger partial charge in [-0.05, 0) is 23.6 Å². The Labute approximate surface area is 119 Å². The summed E-state index contributed by atoms with van der Waals surface area (Å²) in [6.45, 7) is 0.319. The molecule has 0 spiro atoms. The van der Waals surface area contributed by atoms with Crippen LogP contribution in [0.4, 0.5) is 0 Å². The summed E-state index contributed by atoms with van der Waals surface area (Å²) >= 11 is 1.59. The molecule has 0 aromatic carbocycles. The molecular weight excluding hydrogens is 274 g/mol. The summed E-state index contributed by atoms with van der Waals surface area (Å²) in [5.41, 5.74) is 2.04. The lowest BCUT2D eigenvalue weighted by Crippen LogP contribution is -2.23. The fourth-order valence-corrected chi connectivity index (χ4v) is 2.27. The van der Waals surface area contributed by atoms with Gasteiger partial charge in [-0.1, -0.05) is 11.3 Å². The van der Waals surface area contributed by atoms with Crippen LogP contribution in [0.3, 0.4) is 0 Å². The fourth-order valence-electron chi connectivity index (χ4n) is 1.65. The lowest BCUT2D eigenvalue weighted by Gasteiger charge is -2.01. The van der Waals surface area contributed by atoms with Crippen LogP contribution >= 0.6 is 11.3 Å². The van der Waals surface area contributed by atoms with E-state index in [1.165, 1.54) is 0 Å². The average Bonchev–Trinajstić information content (AvgIpc) is 3.16. The maximum Gasteiger partial charge on any atom is 0.270 e. The second kappa shape index (κ2) is 5.62. The van der Waals surface area contributed by atoms with Gasteiger partial charge in [-0.2, -0.15) is 11.3 Å². The number of aromatic nitrogens is 4. The van der Waals surface area contributed by atoms with E-state index >= 15 is 0 Å². The molecule has 7 heteroatoms. The van der Waals surface area contributed by atoms with Crippen LogP contribution in [0.1, 0.15) is 16.2 Å². The Morgan fingerprint density at radius 3 is 3.05 bits per heavy atom. The molecule has 0 aliphatic carbocycles. The van der Waals surface area contributed by atoms with Gasteiger partial charge in [0.2, 0.25) is 0 Å². The zero-order valence-electron chi connectivity index (χ0n) is 10.4. The van der Waals surface area contributed by atoms with Gasteiger partial charge in [0, 0.05) is 11.6 Å². The lowest BCUT2D eigenvalue weighted by atomic mass is 10.3. The van der Waals surface area contributed by atoms with E-state index < -0.39 is 0 Å². The van der Waals surface area contributed by atoms with Crippen LogP contribution in [-0.4, -0.2) is 25.9 Å². The van der Waals surface area contributed by atoms with E-state index in [9.17, 15) is 4.79 Å². The zero-order valence-corrected chi connectivity index (χ0v) is 11.2. The predicted molar refractivity (Wildman–Crippen MR) is 74.6 cm³/mol. The number of hydrogen-bond donors (Lipinski definition) is 1. The minimum absolute atomic E-state index is 0.226. The number of carbonyl (C=O) groups is 1. The molecule has 0 aliphatic heterocycles. The number of carbonyl (C=O) groups excluding carboxylic acids is 1. The van der Waals surface area contributed by atoms with Crippen LogP contribution in [0.15, 0.2) is 47.4 Å². The zero-order chi connectivity index (χ0) is 13.8. The quantitative estimate of drug-likeness (QED) is 0.791. The topological polar surface area (TPSA) is 72.7 Å². The van der Waals surface area contributed by atoms with Crippen LogP contribution in [0.25, 0.3) is 5.69 Å². The molecule has 100 valence electrons. The van der Waals surface area contributed by atoms with Crippen molar-refractivity contribution in [3.63, 3.8) is 0 Å². The summed E-state index contributed by atoms with van der Waals surface area (Å²) < 4.78 is 1.68. The molecule has 0 bridgehead atoms. The molecule has 0 radical (unpaired) electrons. The van der Waals surface area contributed by atoms with E-state index in [1.54, 1.807) is 46.6 Å². The lowest BCUT2D eigenvalue weighted by molar-refractivity contribution is 0.0945. The molecular formula is C13H11N5OS. The van der Waals surface area contributed by atoms with E-state index in [0.29, 0.717) is 17.9 Å². The standard InChI is InChI=1S/C13H11N5OS/c19-13(12-3-1-2-5-14-12)15-7-10-8-18(17-16-10)11-4-6-20-9-11/h1-6,8-9H,7H2,(H,15,19). The molecule has 6 nitrogen and oxygen atoms in total. The molecule has 20 heavy (non-hydrogen) atoms. The third-order valence-electron chi connectivity index (χ3n) is 2.64. The molecule has 0 fully saturated rings. The Hall–Kier alpha value is -2.54. The SMILES string of the molecule is O=C(NCc1cn(-c2ccsc2)nn1)c1ccccn1. The highest BCUT2D eigenvalue weighted by Crippen LogP contribution is 2.10. The Morgan fingerprint density at radius 2 is 2.30 bits per heavy atom. The van der Waals surface area contributed by atoms with Crippen molar-refractivity contribution < 1.29 is 4.79 Å². The number of thiophene rings is 1. The number of nitrogens with one attached hydrogen (secondary N) is 1. The van der Waals surface area contributed by atoms with Crippen molar-refractivity contribution in [1.82, 2.24) is 25.3 Å². The molecule has 0 saturated heterocycles. The summed E-state index contributed by atoms with van der Waals surface area (Å²) in [5, 5.41) is 14.7. The third kappa shape index (κ3) is 2.72. The summed E-state index contributed by atoms with van der Waals surface area (Å²) in [7, 11) is 0. The van der Waals surface area contributed by atoms with E-state index in [1.807, 2.05) is 16.8 Å². The van der Waals surface area contributed by atoms with Crippen molar-refractivity contribution in [1.29, 1.82) is 0 Å². The van der Waals surface area contributed by atoms with Crippen molar-refractivity contribution in [2.45, 2.75) is 6.54 Å². The Bertz CT molecular complexity index is 693. The van der Waals surface area contributed by atoms with E-state index in [2.05, 4.69) is 20.6 Å². The minimum atomic E-state index is -0.226. The van der Waals surface area contributed by atoms with Gasteiger partial charge in [-0.25, -0.2) is 4.68 Å². The number of nitrogens with zero attached hydrogens (tertiary/aromatic N) is 4. The molecule has 3 aromatic heterocycles. The van der Waals surface area contributed by atoms with Gasteiger partial charge in [0.25, 0.3) is 5.91 Å². The largest absolute Gasteiger partial charge is 0.345 e. The van der Waals surface area contributed by atoms with Gasteiger partial charge in [0.15, 0.2) is 0 Å². The van der Waals surface area contributed by atoms with Crippen molar-refractivity contribution in [2.75, 3.05) is 0 Å². The van der Waals surface area contributed by atoms with Crippen LogP contribution in [0.5, 0.6) is 0 Å². The Balaban J connectivity index is 1.63. The molecule has 3 heterocycles. The fraction of sp³-hybridized carbons (Fsp3) is 0.0769. The maximum absolute atomic E-state index is 11.8. The monoisotopic (exact) mass is 285 g/mol. The molecule has 0 unspecified atom stereocenters. The van der Waals surface area contributed by atoms with Gasteiger partial charge in [0.05, 0.1) is 18.4 Å². The minimum Gasteiger partial charge on any atom is -0.345 e. The van der Waals surface area contributed by atoms with Crippen LogP contribution in [0, 0.1) is 0 Å². The Kier molecular flexibility index (Phi) is 3.51. The van der Waals surface area contributed by atoms with Gasteiger partial charge in [-0.15, -0.1) is 5.10 Å². The average molecular weight is 285 g/mol. The first-order valence-electron chi connectivity index (χ1n) is 5.96. The summed E-state index contributed by atoms with van der Waals surface area (Å²) in [4.78, 5) is 15.8. The number of pyridine rings is 1. The Morgan fingerprint density at radius 1 is 1.35 bits per heavy atom. The van der Waals surface area contributed by atoms with E-state index in [4.69, 9.17) is 0 Å². The van der Waals surface area contributed by atoms with Crippen LogP contribution < -0.4 is 5.32 Å². The highest BCUT2D eigenvalue weighted by atomic mass is 32.1. The van der Waals surface area contributed by atoms with Crippen LogP contribution in [-0.2, 0) is 6.54 Å². The van der Waals surface area contributed by atoms with Crippen molar-refractivity contribution in [2.24, 2.45) is 0 Å². The second-order valence-electron chi connectivity index (χ2n) is 4.03. The molecule has 0 aliphatic rings. The molecule has 0 atom stereocenters. The molecule has 3 rings (SSSR count). The number of rotatable bonds is 4. The second-order valence-corrected chi connectivity index (χ2v) is 4.81. The van der Waals surface area contributed by atoms with E-state index in [-0.39, 0.29) is 5.91 Å². The molecule has 3 aromatic rings. The van der Waals surface area contributed by atoms with Gasteiger partial charge >= 0.3 is 0 Å². The predicted octanol–water partition coefficient (Wildman–Crippen LogP) is 1.65. The third-order valence-corrected chi connectivity index (χ3v) is 3.31.